The highest BCUT2D eigenvalue weighted by Crippen LogP contribution is 2.41. The Labute approximate surface area is 121 Å². The van der Waals surface area contributed by atoms with Crippen LogP contribution in [0.4, 0.5) is 11.4 Å². The second-order valence-corrected chi connectivity index (χ2v) is 5.21. The molecule has 2 aliphatic rings. The van der Waals surface area contributed by atoms with Crippen LogP contribution < -0.4 is 4.90 Å². The first-order valence-corrected chi connectivity index (χ1v) is 6.96. The highest BCUT2D eigenvalue weighted by atomic mass is 16.6. The van der Waals surface area contributed by atoms with Crippen LogP contribution in [-0.2, 0) is 0 Å². The van der Waals surface area contributed by atoms with Crippen LogP contribution in [-0.4, -0.2) is 23.8 Å². The van der Waals surface area contributed by atoms with E-state index in [0.29, 0.717) is 0 Å². The van der Waals surface area contributed by atoms with Gasteiger partial charge in [0.2, 0.25) is 0 Å². The molecule has 0 spiro atoms. The third-order valence-electron chi connectivity index (χ3n) is 4.00. The number of amidine groups is 1. The highest BCUT2D eigenvalue weighted by Gasteiger charge is 2.30. The van der Waals surface area contributed by atoms with E-state index in [0.717, 1.165) is 47.7 Å². The van der Waals surface area contributed by atoms with Crippen molar-refractivity contribution in [3.05, 3.63) is 58.1 Å². The molecule has 0 radical (unpaired) electrons. The van der Waals surface area contributed by atoms with Gasteiger partial charge in [-0.05, 0) is 18.1 Å². The van der Waals surface area contributed by atoms with Crippen LogP contribution in [0.2, 0.25) is 0 Å². The molecule has 0 aromatic heterocycles. The van der Waals surface area contributed by atoms with Crippen molar-refractivity contribution in [1.82, 2.24) is 0 Å². The molecule has 4 rings (SSSR count). The van der Waals surface area contributed by atoms with E-state index in [9.17, 15) is 10.1 Å². The SMILES string of the molecule is O=[N+]([O-])c1ccc2c(c1)-c1ccccc1C1=NCCCN12. The first kappa shape index (κ1) is 12.1. The summed E-state index contributed by atoms with van der Waals surface area (Å²) in [7, 11) is 0. The number of nitro benzene ring substituents is 1. The standard InChI is InChI=1S/C16H13N3O2/c20-19(21)11-6-7-15-14(10-11)12-4-1-2-5-13(12)16-17-8-3-9-18(15)16/h1-2,4-7,10H,3,8-9H2. The van der Waals surface area contributed by atoms with E-state index in [-0.39, 0.29) is 10.6 Å². The predicted molar refractivity (Wildman–Crippen MR) is 81.9 cm³/mol. The van der Waals surface area contributed by atoms with E-state index < -0.39 is 0 Å². The van der Waals surface area contributed by atoms with Crippen LogP contribution in [0.15, 0.2) is 47.5 Å². The summed E-state index contributed by atoms with van der Waals surface area (Å²) in [5.41, 5.74) is 4.14. The molecule has 104 valence electrons. The van der Waals surface area contributed by atoms with E-state index >= 15 is 0 Å². The minimum absolute atomic E-state index is 0.126. The molecule has 2 aromatic rings. The Morgan fingerprint density at radius 2 is 1.90 bits per heavy atom. The van der Waals surface area contributed by atoms with E-state index in [4.69, 9.17) is 0 Å². The number of nitrogens with zero attached hydrogens (tertiary/aromatic N) is 3. The second kappa shape index (κ2) is 4.41. The summed E-state index contributed by atoms with van der Waals surface area (Å²) in [4.78, 5) is 17.5. The summed E-state index contributed by atoms with van der Waals surface area (Å²) in [5, 5.41) is 11.0. The van der Waals surface area contributed by atoms with Crippen molar-refractivity contribution in [2.24, 2.45) is 4.99 Å². The molecule has 21 heavy (non-hydrogen) atoms. The number of anilines is 1. The molecule has 2 heterocycles. The van der Waals surface area contributed by atoms with Crippen LogP contribution in [0.3, 0.4) is 0 Å². The smallest absolute Gasteiger partial charge is 0.270 e. The zero-order valence-electron chi connectivity index (χ0n) is 11.3. The normalized spacial score (nSPS) is 15.6. The fourth-order valence-corrected chi connectivity index (χ4v) is 3.07. The number of nitro groups is 1. The molecule has 5 heteroatoms. The van der Waals surface area contributed by atoms with Gasteiger partial charge in [0, 0.05) is 36.3 Å². The van der Waals surface area contributed by atoms with Crippen molar-refractivity contribution in [2.45, 2.75) is 6.42 Å². The molecule has 0 bridgehead atoms. The van der Waals surface area contributed by atoms with Gasteiger partial charge in [-0.25, -0.2) is 0 Å². The Morgan fingerprint density at radius 3 is 2.71 bits per heavy atom. The lowest BCUT2D eigenvalue weighted by molar-refractivity contribution is -0.384. The zero-order valence-corrected chi connectivity index (χ0v) is 11.3. The highest BCUT2D eigenvalue weighted by molar-refractivity contribution is 6.19. The van der Waals surface area contributed by atoms with Crippen LogP contribution in [0.1, 0.15) is 12.0 Å². The van der Waals surface area contributed by atoms with Crippen molar-refractivity contribution in [1.29, 1.82) is 0 Å². The Bertz CT molecular complexity index is 783. The van der Waals surface area contributed by atoms with Gasteiger partial charge < -0.3 is 4.90 Å². The summed E-state index contributed by atoms with van der Waals surface area (Å²) in [5.74, 6) is 0.984. The van der Waals surface area contributed by atoms with Gasteiger partial charge in [-0.2, -0.15) is 0 Å². The summed E-state index contributed by atoms with van der Waals surface area (Å²) < 4.78 is 0. The number of aliphatic imine (C=N–C) groups is 1. The molecule has 0 amide bonds. The number of rotatable bonds is 1. The topological polar surface area (TPSA) is 58.7 Å². The average Bonchev–Trinajstić information content (AvgIpc) is 2.54. The van der Waals surface area contributed by atoms with Crippen LogP contribution in [0.25, 0.3) is 11.1 Å². The molecule has 0 aliphatic carbocycles. The van der Waals surface area contributed by atoms with Gasteiger partial charge in [0.25, 0.3) is 5.69 Å². The Hall–Kier alpha value is -2.69. The van der Waals surface area contributed by atoms with E-state index in [1.807, 2.05) is 30.3 Å². The summed E-state index contributed by atoms with van der Waals surface area (Å²) in [6.07, 6.45) is 1.00. The van der Waals surface area contributed by atoms with Crippen molar-refractivity contribution in [3.63, 3.8) is 0 Å². The number of benzene rings is 2. The van der Waals surface area contributed by atoms with Gasteiger partial charge >= 0.3 is 0 Å². The molecule has 0 N–H and O–H groups in total. The molecule has 0 unspecified atom stereocenters. The van der Waals surface area contributed by atoms with Gasteiger partial charge in [-0.1, -0.05) is 24.3 Å². The third-order valence-corrected chi connectivity index (χ3v) is 4.00. The van der Waals surface area contributed by atoms with Gasteiger partial charge in [0.1, 0.15) is 5.84 Å². The monoisotopic (exact) mass is 279 g/mol. The fourth-order valence-electron chi connectivity index (χ4n) is 3.07. The average molecular weight is 279 g/mol. The minimum Gasteiger partial charge on any atom is -0.326 e. The lowest BCUT2D eigenvalue weighted by Gasteiger charge is -2.36. The fraction of sp³-hybridized carbons (Fsp3) is 0.188. The number of hydrogen-bond donors (Lipinski definition) is 0. The van der Waals surface area contributed by atoms with E-state index in [1.54, 1.807) is 12.1 Å². The van der Waals surface area contributed by atoms with Crippen molar-refractivity contribution < 1.29 is 4.92 Å². The second-order valence-electron chi connectivity index (χ2n) is 5.21. The van der Waals surface area contributed by atoms with Gasteiger partial charge in [-0.3, -0.25) is 15.1 Å². The van der Waals surface area contributed by atoms with Gasteiger partial charge in [-0.15, -0.1) is 0 Å². The lowest BCUT2D eigenvalue weighted by atomic mass is 9.91. The van der Waals surface area contributed by atoms with Gasteiger partial charge in [0.05, 0.1) is 10.6 Å². The quantitative estimate of drug-likeness (QED) is 0.594. The molecule has 0 atom stereocenters. The zero-order chi connectivity index (χ0) is 14.4. The van der Waals surface area contributed by atoms with Gasteiger partial charge in [0.15, 0.2) is 0 Å². The van der Waals surface area contributed by atoms with Crippen LogP contribution >= 0.6 is 0 Å². The molecular formula is C16H13N3O2. The van der Waals surface area contributed by atoms with E-state index in [2.05, 4.69) is 9.89 Å². The maximum absolute atomic E-state index is 11.0. The molecule has 0 saturated carbocycles. The number of non-ortho nitro benzene ring substituents is 1. The Morgan fingerprint density at radius 1 is 1.10 bits per heavy atom. The molecule has 2 aliphatic heterocycles. The number of fused-ring (bicyclic) bond motifs is 6. The molecule has 0 fully saturated rings. The number of hydrogen-bond acceptors (Lipinski definition) is 4. The molecular weight excluding hydrogens is 266 g/mol. The first-order valence-electron chi connectivity index (χ1n) is 6.96. The van der Waals surface area contributed by atoms with Crippen LogP contribution in [0, 0.1) is 10.1 Å². The molecule has 0 saturated heterocycles. The van der Waals surface area contributed by atoms with E-state index in [1.165, 1.54) is 0 Å². The van der Waals surface area contributed by atoms with Crippen molar-refractivity contribution >= 4 is 17.2 Å². The first-order chi connectivity index (χ1) is 10.3. The largest absolute Gasteiger partial charge is 0.326 e. The molecule has 2 aromatic carbocycles. The van der Waals surface area contributed by atoms with Crippen molar-refractivity contribution in [2.75, 3.05) is 18.0 Å². The van der Waals surface area contributed by atoms with Crippen molar-refractivity contribution in [3.8, 4) is 11.1 Å². The predicted octanol–water partition coefficient (Wildman–Crippen LogP) is 3.23. The maximum atomic E-state index is 11.0. The summed E-state index contributed by atoms with van der Waals surface area (Å²) in [6, 6.07) is 13.1. The minimum atomic E-state index is -0.345. The summed E-state index contributed by atoms with van der Waals surface area (Å²) in [6.45, 7) is 1.74. The maximum Gasteiger partial charge on any atom is 0.270 e. The van der Waals surface area contributed by atoms with Crippen LogP contribution in [0.5, 0.6) is 0 Å². The lowest BCUT2D eigenvalue weighted by Crippen LogP contribution is -2.39. The summed E-state index contributed by atoms with van der Waals surface area (Å²) >= 11 is 0. The molecule has 5 nitrogen and oxygen atoms in total. The Balaban J connectivity index is 2.02. The Kier molecular flexibility index (Phi) is 2.54. The third kappa shape index (κ3) is 1.74.